The molecule has 1 fully saturated rings. The number of ether oxygens (including phenoxy) is 1. The number of hydrogen-bond acceptors (Lipinski definition) is 4. The highest BCUT2D eigenvalue weighted by Gasteiger charge is 2.26. The quantitative estimate of drug-likeness (QED) is 0.845. The third-order valence-corrected chi connectivity index (χ3v) is 3.87. The molecule has 1 saturated carbocycles. The predicted molar refractivity (Wildman–Crippen MR) is 75.8 cm³/mol. The zero-order valence-corrected chi connectivity index (χ0v) is 12.4. The fourth-order valence-electron chi connectivity index (χ4n) is 2.77. The molecule has 0 unspecified atom stereocenters. The first kappa shape index (κ1) is 16.6. The van der Waals surface area contributed by atoms with Crippen LogP contribution in [0.3, 0.4) is 0 Å². The van der Waals surface area contributed by atoms with Crippen LogP contribution in [0.15, 0.2) is 12.1 Å². The van der Waals surface area contributed by atoms with Crippen LogP contribution in [-0.4, -0.2) is 28.7 Å². The average Bonchev–Trinajstić information content (AvgIpc) is 2.47. The molecule has 22 heavy (non-hydrogen) atoms. The zero-order chi connectivity index (χ0) is 16.1. The van der Waals surface area contributed by atoms with Gasteiger partial charge in [0, 0.05) is 18.3 Å². The van der Waals surface area contributed by atoms with Gasteiger partial charge < -0.3 is 15.2 Å². The molecule has 7 heteroatoms. The van der Waals surface area contributed by atoms with Crippen molar-refractivity contribution in [3.63, 3.8) is 0 Å². The molecule has 0 aromatic carbocycles. The normalized spacial score (nSPS) is 21.8. The van der Waals surface area contributed by atoms with Crippen LogP contribution in [0, 0.1) is 12.8 Å². The molecule has 2 N–H and O–H groups in total. The standard InChI is InChI=1S/C15H20F2N2O3/c1-9-5-6-13(22-15(16)17)12(19-9)8-18-11-4-2-3-10(7-11)14(20)21/h5-6,10-11,15,18H,2-4,7-8H2,1H3,(H,20,21)/t10-,11+/m0/s1. The average molecular weight is 314 g/mol. The number of aromatic nitrogens is 1. The molecule has 0 radical (unpaired) electrons. The van der Waals surface area contributed by atoms with Crippen molar-refractivity contribution in [1.82, 2.24) is 10.3 Å². The number of carbonyl (C=O) groups is 1. The number of aliphatic carboxylic acids is 1. The molecule has 5 nitrogen and oxygen atoms in total. The van der Waals surface area contributed by atoms with E-state index in [9.17, 15) is 13.6 Å². The van der Waals surface area contributed by atoms with Crippen LogP contribution in [-0.2, 0) is 11.3 Å². The summed E-state index contributed by atoms with van der Waals surface area (Å²) in [6.07, 6.45) is 2.96. The number of pyridine rings is 1. The molecular formula is C15H20F2N2O3. The van der Waals surface area contributed by atoms with Gasteiger partial charge in [-0.25, -0.2) is 0 Å². The Balaban J connectivity index is 1.98. The highest BCUT2D eigenvalue weighted by Crippen LogP contribution is 2.25. The van der Waals surface area contributed by atoms with Gasteiger partial charge in [0.25, 0.3) is 0 Å². The first-order valence-corrected chi connectivity index (χ1v) is 7.33. The fraction of sp³-hybridized carbons (Fsp3) is 0.600. The Bertz CT molecular complexity index is 526. The molecular weight excluding hydrogens is 294 g/mol. The Morgan fingerprint density at radius 2 is 2.27 bits per heavy atom. The van der Waals surface area contributed by atoms with Crippen LogP contribution >= 0.6 is 0 Å². The minimum atomic E-state index is -2.89. The van der Waals surface area contributed by atoms with Crippen LogP contribution < -0.4 is 10.1 Å². The van der Waals surface area contributed by atoms with E-state index in [-0.39, 0.29) is 24.3 Å². The predicted octanol–water partition coefficient (Wildman–Crippen LogP) is 2.72. The molecule has 1 aliphatic rings. The Hall–Kier alpha value is -1.76. The van der Waals surface area contributed by atoms with Crippen LogP contribution in [0.2, 0.25) is 0 Å². The van der Waals surface area contributed by atoms with Crippen molar-refractivity contribution in [3.05, 3.63) is 23.5 Å². The number of halogens is 2. The Morgan fingerprint density at radius 3 is 2.95 bits per heavy atom. The van der Waals surface area contributed by atoms with Crippen molar-refractivity contribution in [2.24, 2.45) is 5.92 Å². The van der Waals surface area contributed by atoms with E-state index >= 15 is 0 Å². The lowest BCUT2D eigenvalue weighted by molar-refractivity contribution is -0.143. The van der Waals surface area contributed by atoms with Gasteiger partial charge in [-0.3, -0.25) is 9.78 Å². The van der Waals surface area contributed by atoms with Gasteiger partial charge in [-0.05, 0) is 38.3 Å². The summed E-state index contributed by atoms with van der Waals surface area (Å²) in [4.78, 5) is 15.3. The van der Waals surface area contributed by atoms with Gasteiger partial charge in [0.05, 0.1) is 11.6 Å². The topological polar surface area (TPSA) is 71.5 Å². The van der Waals surface area contributed by atoms with Crippen molar-refractivity contribution < 1.29 is 23.4 Å². The van der Waals surface area contributed by atoms with Gasteiger partial charge in [0.1, 0.15) is 5.75 Å². The number of nitrogens with zero attached hydrogens (tertiary/aromatic N) is 1. The largest absolute Gasteiger partial charge is 0.481 e. The highest BCUT2D eigenvalue weighted by molar-refractivity contribution is 5.70. The molecule has 1 heterocycles. The second kappa shape index (κ2) is 7.49. The highest BCUT2D eigenvalue weighted by atomic mass is 19.3. The van der Waals surface area contributed by atoms with E-state index in [0.717, 1.165) is 12.8 Å². The van der Waals surface area contributed by atoms with E-state index in [1.165, 1.54) is 6.07 Å². The molecule has 2 atom stereocenters. The summed E-state index contributed by atoms with van der Waals surface area (Å²) < 4.78 is 29.3. The van der Waals surface area contributed by atoms with Crippen molar-refractivity contribution in [3.8, 4) is 5.75 Å². The zero-order valence-electron chi connectivity index (χ0n) is 12.4. The number of carboxylic acid groups (broad SMARTS) is 1. The van der Waals surface area contributed by atoms with Crippen molar-refractivity contribution in [2.45, 2.75) is 51.8 Å². The fourth-order valence-corrected chi connectivity index (χ4v) is 2.77. The number of nitrogens with one attached hydrogen (secondary N) is 1. The molecule has 1 aromatic rings. The summed E-state index contributed by atoms with van der Waals surface area (Å²) in [5, 5.41) is 12.3. The van der Waals surface area contributed by atoms with Gasteiger partial charge in [-0.1, -0.05) is 6.42 Å². The van der Waals surface area contributed by atoms with Gasteiger partial charge in [0.15, 0.2) is 0 Å². The van der Waals surface area contributed by atoms with Crippen molar-refractivity contribution in [1.29, 1.82) is 0 Å². The molecule has 1 aromatic heterocycles. The second-order valence-electron chi connectivity index (χ2n) is 5.56. The summed E-state index contributed by atoms with van der Waals surface area (Å²) >= 11 is 0. The third-order valence-electron chi connectivity index (χ3n) is 3.87. The smallest absolute Gasteiger partial charge is 0.387 e. The summed E-state index contributed by atoms with van der Waals surface area (Å²) in [6, 6.07) is 3.14. The maximum absolute atomic E-state index is 12.4. The van der Waals surface area contributed by atoms with Crippen LogP contribution in [0.5, 0.6) is 5.75 Å². The Morgan fingerprint density at radius 1 is 1.50 bits per heavy atom. The molecule has 0 spiro atoms. The maximum Gasteiger partial charge on any atom is 0.387 e. The van der Waals surface area contributed by atoms with E-state index < -0.39 is 12.6 Å². The van der Waals surface area contributed by atoms with Crippen LogP contribution in [0.25, 0.3) is 0 Å². The van der Waals surface area contributed by atoms with Gasteiger partial charge in [-0.15, -0.1) is 0 Å². The monoisotopic (exact) mass is 314 g/mol. The number of hydrogen-bond donors (Lipinski definition) is 2. The summed E-state index contributed by atoms with van der Waals surface area (Å²) in [5.74, 6) is -1.06. The lowest BCUT2D eigenvalue weighted by Crippen LogP contribution is -2.36. The lowest BCUT2D eigenvalue weighted by atomic mass is 9.86. The number of aryl methyl sites for hydroxylation is 1. The SMILES string of the molecule is Cc1ccc(OC(F)F)c(CN[C@@H]2CCC[C@H](C(=O)O)C2)n1. The van der Waals surface area contributed by atoms with Crippen LogP contribution in [0.1, 0.15) is 37.1 Å². The molecule has 0 saturated heterocycles. The molecule has 1 aliphatic carbocycles. The van der Waals surface area contributed by atoms with Gasteiger partial charge >= 0.3 is 12.6 Å². The van der Waals surface area contributed by atoms with Gasteiger partial charge in [-0.2, -0.15) is 8.78 Å². The first-order chi connectivity index (χ1) is 10.5. The molecule has 0 bridgehead atoms. The molecule has 122 valence electrons. The maximum atomic E-state index is 12.4. The van der Waals surface area contributed by atoms with Gasteiger partial charge in [0.2, 0.25) is 0 Å². The van der Waals surface area contributed by atoms with E-state index in [4.69, 9.17) is 5.11 Å². The molecule has 0 aliphatic heterocycles. The minimum absolute atomic E-state index is 0.0524. The van der Waals surface area contributed by atoms with E-state index in [0.29, 0.717) is 24.2 Å². The van der Waals surface area contributed by atoms with E-state index in [1.54, 1.807) is 13.0 Å². The summed E-state index contributed by atoms with van der Waals surface area (Å²) in [5.41, 5.74) is 1.13. The van der Waals surface area contributed by atoms with E-state index in [1.807, 2.05) is 0 Å². The van der Waals surface area contributed by atoms with Crippen molar-refractivity contribution >= 4 is 5.97 Å². The minimum Gasteiger partial charge on any atom is -0.481 e. The first-order valence-electron chi connectivity index (χ1n) is 7.33. The van der Waals surface area contributed by atoms with Crippen molar-refractivity contribution in [2.75, 3.05) is 0 Å². The Kier molecular flexibility index (Phi) is 5.65. The van der Waals surface area contributed by atoms with E-state index in [2.05, 4.69) is 15.0 Å². The summed E-state index contributed by atoms with van der Waals surface area (Å²) in [6.45, 7) is -0.841. The third kappa shape index (κ3) is 4.62. The van der Waals surface area contributed by atoms with Crippen LogP contribution in [0.4, 0.5) is 8.78 Å². The second-order valence-corrected chi connectivity index (χ2v) is 5.56. The lowest BCUT2D eigenvalue weighted by Gasteiger charge is -2.27. The number of carboxylic acids is 1. The number of alkyl halides is 2. The Labute approximate surface area is 127 Å². The number of rotatable bonds is 6. The summed E-state index contributed by atoms with van der Waals surface area (Å²) in [7, 11) is 0. The molecule has 0 amide bonds. The molecule has 2 rings (SSSR count).